The van der Waals surface area contributed by atoms with Gasteiger partial charge in [-0.25, -0.2) is 4.98 Å². The number of imidazole rings is 1. The van der Waals surface area contributed by atoms with Crippen molar-refractivity contribution < 1.29 is 5.11 Å². The van der Waals surface area contributed by atoms with Crippen molar-refractivity contribution in [3.63, 3.8) is 0 Å². The first-order valence-corrected chi connectivity index (χ1v) is 9.33. The largest absolute Gasteiger partial charge is 0.388 e. The number of piperidine rings is 1. The Morgan fingerprint density at radius 3 is 2.42 bits per heavy atom. The third-order valence-corrected chi connectivity index (χ3v) is 5.25. The lowest BCUT2D eigenvalue weighted by Crippen LogP contribution is -2.33. The summed E-state index contributed by atoms with van der Waals surface area (Å²) in [5.74, 6) is 0.317. The van der Waals surface area contributed by atoms with Gasteiger partial charge in [0.05, 0.1) is 12.4 Å². The summed E-state index contributed by atoms with van der Waals surface area (Å²) >= 11 is 0. The molecule has 0 bridgehead atoms. The van der Waals surface area contributed by atoms with Crippen LogP contribution in [0.3, 0.4) is 0 Å². The monoisotopic (exact) mass is 347 g/mol. The minimum atomic E-state index is -0.380. The maximum atomic E-state index is 10.6. The van der Waals surface area contributed by atoms with Gasteiger partial charge in [-0.1, -0.05) is 48.5 Å². The van der Waals surface area contributed by atoms with Crippen molar-refractivity contribution in [3.05, 3.63) is 78.4 Å². The second kappa shape index (κ2) is 7.85. The van der Waals surface area contributed by atoms with Gasteiger partial charge in [-0.05, 0) is 41.6 Å². The topological polar surface area (TPSA) is 50.1 Å². The lowest BCUT2D eigenvalue weighted by molar-refractivity contribution is 0.0922. The summed E-state index contributed by atoms with van der Waals surface area (Å²) < 4.78 is 2.06. The normalized spacial score (nSPS) is 18.6. The van der Waals surface area contributed by atoms with Gasteiger partial charge in [0.15, 0.2) is 0 Å². The Hall–Kier alpha value is -2.43. The van der Waals surface area contributed by atoms with Crippen molar-refractivity contribution in [2.24, 2.45) is 5.92 Å². The number of aromatic nitrogens is 2. The molecule has 0 spiro atoms. The Balaban J connectivity index is 1.44. The fraction of sp³-hybridized carbons (Fsp3) is 0.318. The molecule has 4 nitrogen and oxygen atoms in total. The van der Waals surface area contributed by atoms with E-state index < -0.39 is 0 Å². The molecule has 2 aromatic carbocycles. The average Bonchev–Trinajstić information content (AvgIpc) is 3.22. The Labute approximate surface area is 154 Å². The standard InChI is InChI=1S/C22H25N3O/c26-22(21-2-1-11-23-14-21)20-9-7-19(8-10-20)18-5-3-17(4-6-18)15-25-13-12-24-16-25/h3-10,12-13,16,21-23,26H,1-2,11,14-15H2. The molecule has 1 saturated heterocycles. The number of nitrogens with one attached hydrogen (secondary N) is 1. The highest BCUT2D eigenvalue weighted by Gasteiger charge is 2.22. The summed E-state index contributed by atoms with van der Waals surface area (Å²) in [6.07, 6.45) is 7.46. The summed E-state index contributed by atoms with van der Waals surface area (Å²) in [6.45, 7) is 2.81. The smallest absolute Gasteiger partial charge is 0.0949 e. The second-order valence-corrected chi connectivity index (χ2v) is 7.11. The molecule has 1 aliphatic rings. The van der Waals surface area contributed by atoms with E-state index in [0.29, 0.717) is 5.92 Å². The van der Waals surface area contributed by atoms with E-state index in [1.807, 2.05) is 12.5 Å². The van der Waals surface area contributed by atoms with Gasteiger partial charge >= 0.3 is 0 Å². The fourth-order valence-electron chi connectivity index (χ4n) is 3.69. The van der Waals surface area contributed by atoms with E-state index in [4.69, 9.17) is 0 Å². The van der Waals surface area contributed by atoms with Crippen LogP contribution in [0.15, 0.2) is 67.3 Å². The van der Waals surface area contributed by atoms with E-state index in [1.165, 1.54) is 16.7 Å². The quantitative estimate of drug-likeness (QED) is 0.741. The molecule has 0 radical (unpaired) electrons. The molecule has 3 aromatic rings. The zero-order chi connectivity index (χ0) is 17.8. The van der Waals surface area contributed by atoms with Crippen LogP contribution >= 0.6 is 0 Å². The van der Waals surface area contributed by atoms with Crippen LogP contribution in [0.2, 0.25) is 0 Å². The third kappa shape index (κ3) is 3.87. The van der Waals surface area contributed by atoms with Gasteiger partial charge in [-0.3, -0.25) is 0 Å². The number of rotatable bonds is 5. The molecular weight excluding hydrogens is 322 g/mol. The fourth-order valence-corrected chi connectivity index (χ4v) is 3.69. The van der Waals surface area contributed by atoms with E-state index in [-0.39, 0.29) is 6.10 Å². The van der Waals surface area contributed by atoms with Crippen molar-refractivity contribution in [1.82, 2.24) is 14.9 Å². The van der Waals surface area contributed by atoms with Gasteiger partial charge in [0.2, 0.25) is 0 Å². The molecule has 26 heavy (non-hydrogen) atoms. The highest BCUT2D eigenvalue weighted by molar-refractivity contribution is 5.64. The summed E-state index contributed by atoms with van der Waals surface area (Å²) in [7, 11) is 0. The second-order valence-electron chi connectivity index (χ2n) is 7.11. The van der Waals surface area contributed by atoms with Crippen LogP contribution in [0, 0.1) is 5.92 Å². The first kappa shape index (κ1) is 17.0. The molecule has 4 heteroatoms. The lowest BCUT2D eigenvalue weighted by atomic mass is 9.89. The molecule has 1 aliphatic heterocycles. The Kier molecular flexibility index (Phi) is 5.14. The SMILES string of the molecule is OC(c1ccc(-c2ccc(Cn3ccnc3)cc2)cc1)C1CCCNC1. The molecule has 0 aliphatic carbocycles. The van der Waals surface area contributed by atoms with Gasteiger partial charge in [0, 0.05) is 31.4 Å². The first-order valence-electron chi connectivity index (χ1n) is 9.33. The van der Waals surface area contributed by atoms with E-state index in [2.05, 4.69) is 63.4 Å². The summed E-state index contributed by atoms with van der Waals surface area (Å²) in [5.41, 5.74) is 4.64. The van der Waals surface area contributed by atoms with Crippen LogP contribution in [0.5, 0.6) is 0 Å². The molecule has 2 unspecified atom stereocenters. The van der Waals surface area contributed by atoms with Gasteiger partial charge in [-0.2, -0.15) is 0 Å². The summed E-state index contributed by atoms with van der Waals surface area (Å²) in [5, 5.41) is 14.0. The van der Waals surface area contributed by atoms with Crippen molar-refractivity contribution in [3.8, 4) is 11.1 Å². The highest BCUT2D eigenvalue weighted by Crippen LogP contribution is 2.29. The number of hydrogen-bond acceptors (Lipinski definition) is 3. The van der Waals surface area contributed by atoms with Crippen LogP contribution in [0.25, 0.3) is 11.1 Å². The molecule has 134 valence electrons. The van der Waals surface area contributed by atoms with E-state index in [0.717, 1.165) is 38.0 Å². The Morgan fingerprint density at radius 2 is 1.81 bits per heavy atom. The minimum absolute atomic E-state index is 0.317. The number of aliphatic hydroxyl groups is 1. The summed E-state index contributed by atoms with van der Waals surface area (Å²) in [4.78, 5) is 4.08. The molecule has 2 heterocycles. The van der Waals surface area contributed by atoms with Crippen molar-refractivity contribution in [2.75, 3.05) is 13.1 Å². The first-order chi connectivity index (χ1) is 12.8. The molecule has 2 N–H and O–H groups in total. The van der Waals surface area contributed by atoms with E-state index in [9.17, 15) is 5.11 Å². The predicted octanol–water partition coefficient (Wildman–Crippen LogP) is 3.63. The lowest BCUT2D eigenvalue weighted by Gasteiger charge is -2.27. The molecular formula is C22H25N3O. The minimum Gasteiger partial charge on any atom is -0.388 e. The third-order valence-electron chi connectivity index (χ3n) is 5.25. The molecule has 1 aromatic heterocycles. The maximum Gasteiger partial charge on any atom is 0.0949 e. The molecule has 0 saturated carbocycles. The number of benzene rings is 2. The number of nitrogens with zero attached hydrogens (tertiary/aromatic N) is 2. The van der Waals surface area contributed by atoms with Gasteiger partial charge in [-0.15, -0.1) is 0 Å². The Bertz CT molecular complexity index is 804. The van der Waals surface area contributed by atoms with Gasteiger partial charge in [0.1, 0.15) is 0 Å². The predicted molar refractivity (Wildman–Crippen MR) is 104 cm³/mol. The molecule has 1 fully saturated rings. The van der Waals surface area contributed by atoms with Crippen LogP contribution in [0.4, 0.5) is 0 Å². The van der Waals surface area contributed by atoms with Crippen LogP contribution in [-0.4, -0.2) is 27.7 Å². The van der Waals surface area contributed by atoms with Crippen LogP contribution < -0.4 is 5.32 Å². The molecule has 4 rings (SSSR count). The highest BCUT2D eigenvalue weighted by atomic mass is 16.3. The summed E-state index contributed by atoms with van der Waals surface area (Å²) in [6, 6.07) is 17.0. The maximum absolute atomic E-state index is 10.6. The molecule has 2 atom stereocenters. The van der Waals surface area contributed by atoms with E-state index >= 15 is 0 Å². The Morgan fingerprint density at radius 1 is 1.08 bits per heavy atom. The zero-order valence-electron chi connectivity index (χ0n) is 14.9. The van der Waals surface area contributed by atoms with Crippen LogP contribution in [0.1, 0.15) is 30.1 Å². The average molecular weight is 347 g/mol. The van der Waals surface area contributed by atoms with Crippen molar-refractivity contribution >= 4 is 0 Å². The van der Waals surface area contributed by atoms with E-state index in [1.54, 1.807) is 6.20 Å². The number of hydrogen-bond donors (Lipinski definition) is 2. The van der Waals surface area contributed by atoms with Crippen molar-refractivity contribution in [2.45, 2.75) is 25.5 Å². The zero-order valence-corrected chi connectivity index (χ0v) is 14.9. The van der Waals surface area contributed by atoms with Crippen molar-refractivity contribution in [1.29, 1.82) is 0 Å². The van der Waals surface area contributed by atoms with Gasteiger partial charge < -0.3 is 15.0 Å². The van der Waals surface area contributed by atoms with Crippen LogP contribution in [-0.2, 0) is 6.54 Å². The number of aliphatic hydroxyl groups excluding tert-OH is 1. The van der Waals surface area contributed by atoms with Gasteiger partial charge in [0.25, 0.3) is 0 Å². The molecule has 0 amide bonds.